The van der Waals surface area contributed by atoms with Gasteiger partial charge in [-0.25, -0.2) is 0 Å². The average molecular weight is 466 g/mol. The first-order valence-electron chi connectivity index (χ1n) is 9.34. The average Bonchev–Trinajstić information content (AvgIpc) is 2.75. The lowest BCUT2D eigenvalue weighted by Gasteiger charge is -2.29. The number of carbonyl (C=O) groups is 2. The van der Waals surface area contributed by atoms with Crippen LogP contribution in [0.2, 0.25) is 5.02 Å². The van der Waals surface area contributed by atoms with Crippen LogP contribution in [0.15, 0.2) is 78.5 Å². The van der Waals surface area contributed by atoms with Crippen molar-refractivity contribution in [2.24, 2.45) is 0 Å². The fourth-order valence-corrected chi connectivity index (χ4v) is 3.87. The highest BCUT2D eigenvalue weighted by molar-refractivity contribution is 7.80. The number of aromatic nitrogens is 1. The number of nitrogens with one attached hydrogen (secondary N) is 1. The van der Waals surface area contributed by atoms with Crippen LogP contribution in [0.5, 0.6) is 0 Å². The molecular weight excluding hydrogens is 450 g/mol. The highest BCUT2D eigenvalue weighted by Crippen LogP contribution is 2.24. The van der Waals surface area contributed by atoms with Gasteiger partial charge in [-0.3, -0.25) is 19.8 Å². The molecule has 2 heterocycles. The Balaban J connectivity index is 1.70. The quantitative estimate of drug-likeness (QED) is 0.343. The van der Waals surface area contributed by atoms with Crippen molar-refractivity contribution in [2.45, 2.75) is 6.54 Å². The summed E-state index contributed by atoms with van der Waals surface area (Å²) in [4.78, 5) is 27.0. The van der Waals surface area contributed by atoms with E-state index in [-0.39, 0.29) is 10.7 Å². The number of anilines is 1. The number of amides is 2. The number of pyridine rings is 1. The molecule has 0 unspecified atom stereocenters. The molecule has 0 spiro atoms. The molecule has 1 aliphatic rings. The Morgan fingerprint density at radius 2 is 1.65 bits per heavy atom. The molecule has 0 radical (unpaired) electrons. The van der Waals surface area contributed by atoms with E-state index in [2.05, 4.69) is 5.32 Å². The Kier molecular flexibility index (Phi) is 6.08. The van der Waals surface area contributed by atoms with E-state index in [0.29, 0.717) is 27.5 Å². The van der Waals surface area contributed by atoms with Crippen molar-refractivity contribution in [3.63, 3.8) is 0 Å². The second-order valence-corrected chi connectivity index (χ2v) is 8.03. The van der Waals surface area contributed by atoms with Crippen molar-refractivity contribution < 1.29 is 9.59 Å². The van der Waals surface area contributed by atoms with E-state index in [1.807, 2.05) is 47.2 Å². The summed E-state index contributed by atoms with van der Waals surface area (Å²) in [6, 6.07) is 20.1. The fraction of sp³-hybridized carbons (Fsp3) is 0.0435. The van der Waals surface area contributed by atoms with Gasteiger partial charge in [0.15, 0.2) is 5.11 Å². The molecule has 154 valence electrons. The van der Waals surface area contributed by atoms with Gasteiger partial charge in [-0.15, -0.1) is 0 Å². The maximum absolute atomic E-state index is 13.2. The van der Waals surface area contributed by atoms with Gasteiger partial charge < -0.3 is 4.57 Å². The van der Waals surface area contributed by atoms with Crippen LogP contribution in [0.1, 0.15) is 11.1 Å². The monoisotopic (exact) mass is 465 g/mol. The number of benzene rings is 2. The molecule has 3 aromatic rings. The summed E-state index contributed by atoms with van der Waals surface area (Å²) in [5, 5.41) is 3.12. The molecule has 1 aliphatic heterocycles. The lowest BCUT2D eigenvalue weighted by Crippen LogP contribution is -2.54. The minimum atomic E-state index is -0.562. The molecular formula is C23H16ClN3O2S2. The number of halogens is 1. The maximum Gasteiger partial charge on any atom is 0.270 e. The lowest BCUT2D eigenvalue weighted by atomic mass is 10.1. The maximum atomic E-state index is 13.2. The molecule has 1 aromatic heterocycles. The summed E-state index contributed by atoms with van der Waals surface area (Å²) < 4.78 is 2.41. The first-order chi connectivity index (χ1) is 14.9. The van der Waals surface area contributed by atoms with Crippen LogP contribution in [0.3, 0.4) is 0 Å². The Bertz CT molecular complexity index is 1270. The van der Waals surface area contributed by atoms with Crippen LogP contribution in [-0.2, 0) is 16.1 Å². The Morgan fingerprint density at radius 3 is 2.35 bits per heavy atom. The summed E-state index contributed by atoms with van der Waals surface area (Å²) in [5.41, 5.74) is 2.15. The molecule has 31 heavy (non-hydrogen) atoms. The number of rotatable bonds is 4. The zero-order valence-corrected chi connectivity index (χ0v) is 18.5. The van der Waals surface area contributed by atoms with Crippen LogP contribution in [-0.4, -0.2) is 21.5 Å². The summed E-state index contributed by atoms with van der Waals surface area (Å²) in [7, 11) is 0. The topological polar surface area (TPSA) is 54.3 Å². The van der Waals surface area contributed by atoms with E-state index in [1.54, 1.807) is 30.3 Å². The molecule has 1 fully saturated rings. The molecule has 1 N–H and O–H groups in total. The molecule has 1 saturated heterocycles. The van der Waals surface area contributed by atoms with Crippen LogP contribution in [0.4, 0.5) is 5.69 Å². The van der Waals surface area contributed by atoms with Gasteiger partial charge in [0.25, 0.3) is 11.8 Å². The summed E-state index contributed by atoms with van der Waals surface area (Å²) >= 11 is 16.8. The molecule has 0 saturated carbocycles. The normalized spacial score (nSPS) is 15.3. The summed E-state index contributed by atoms with van der Waals surface area (Å²) in [6.07, 6.45) is 3.38. The van der Waals surface area contributed by atoms with E-state index < -0.39 is 11.8 Å². The van der Waals surface area contributed by atoms with E-state index in [0.717, 1.165) is 5.56 Å². The highest BCUT2D eigenvalue weighted by atomic mass is 35.5. The molecule has 0 atom stereocenters. The van der Waals surface area contributed by atoms with Gasteiger partial charge >= 0.3 is 0 Å². The van der Waals surface area contributed by atoms with E-state index in [9.17, 15) is 9.59 Å². The summed E-state index contributed by atoms with van der Waals surface area (Å²) in [5.74, 6) is -1.09. The predicted octanol–water partition coefficient (Wildman–Crippen LogP) is 4.75. The van der Waals surface area contributed by atoms with Crippen LogP contribution in [0.25, 0.3) is 6.08 Å². The molecule has 0 aliphatic carbocycles. The zero-order valence-electron chi connectivity index (χ0n) is 16.1. The van der Waals surface area contributed by atoms with Gasteiger partial charge in [0.05, 0.1) is 5.69 Å². The van der Waals surface area contributed by atoms with Crippen molar-refractivity contribution in [3.8, 4) is 0 Å². The highest BCUT2D eigenvalue weighted by Gasteiger charge is 2.34. The Hall–Kier alpha value is -3.13. The first kappa shape index (κ1) is 21.1. The summed E-state index contributed by atoms with van der Waals surface area (Å²) in [6.45, 7) is 0.581. The van der Waals surface area contributed by atoms with Crippen LogP contribution < -0.4 is 10.2 Å². The molecule has 8 heteroatoms. The predicted molar refractivity (Wildman–Crippen MR) is 128 cm³/mol. The first-order valence-corrected chi connectivity index (χ1v) is 10.5. The Labute approximate surface area is 194 Å². The van der Waals surface area contributed by atoms with E-state index in [4.69, 9.17) is 36.0 Å². The second-order valence-electron chi connectivity index (χ2n) is 6.82. The third-order valence-corrected chi connectivity index (χ3v) is 5.74. The Morgan fingerprint density at radius 1 is 0.935 bits per heavy atom. The second kappa shape index (κ2) is 8.93. The number of hydrogen-bond acceptors (Lipinski definition) is 4. The van der Waals surface area contributed by atoms with Gasteiger partial charge in [0.2, 0.25) is 0 Å². The third kappa shape index (κ3) is 4.49. The number of carbonyl (C=O) groups excluding carboxylic acids is 2. The molecule has 2 aromatic carbocycles. The van der Waals surface area contributed by atoms with Gasteiger partial charge in [-0.05, 0) is 54.2 Å². The number of nitrogens with zero attached hydrogens (tertiary/aromatic N) is 2. The molecule has 2 amide bonds. The van der Waals surface area contributed by atoms with Crippen LogP contribution in [0, 0.1) is 4.64 Å². The van der Waals surface area contributed by atoms with Crippen molar-refractivity contribution in [1.82, 2.24) is 9.88 Å². The zero-order chi connectivity index (χ0) is 22.0. The van der Waals surface area contributed by atoms with Crippen molar-refractivity contribution in [2.75, 3.05) is 4.90 Å². The minimum Gasteiger partial charge on any atom is -0.334 e. The minimum absolute atomic E-state index is 0.0141. The van der Waals surface area contributed by atoms with Crippen molar-refractivity contribution in [3.05, 3.63) is 99.3 Å². The number of hydrogen-bond donors (Lipinski definition) is 1. The van der Waals surface area contributed by atoms with Crippen molar-refractivity contribution in [1.29, 1.82) is 0 Å². The van der Waals surface area contributed by atoms with E-state index >= 15 is 0 Å². The smallest absolute Gasteiger partial charge is 0.270 e. The third-order valence-electron chi connectivity index (χ3n) is 4.73. The van der Waals surface area contributed by atoms with Crippen molar-refractivity contribution >= 4 is 64.7 Å². The molecule has 0 bridgehead atoms. The van der Waals surface area contributed by atoms with Gasteiger partial charge in [-0.2, -0.15) is 0 Å². The van der Waals surface area contributed by atoms with Crippen LogP contribution >= 0.6 is 36.0 Å². The number of thiocarbonyl (C=S) groups is 1. The fourth-order valence-electron chi connectivity index (χ4n) is 3.21. The molecule has 4 rings (SSSR count). The van der Waals surface area contributed by atoms with Gasteiger partial charge in [0, 0.05) is 23.3 Å². The van der Waals surface area contributed by atoms with Gasteiger partial charge in [-0.1, -0.05) is 60.2 Å². The SMILES string of the molecule is O=C1NC(=S)N(c2ccc(Cl)cc2)C(=O)/C1=C\c1cccn(Cc2ccccc2)c1=S. The largest absolute Gasteiger partial charge is 0.334 e. The standard InChI is InChI=1S/C23H16ClN3O2S2/c24-17-8-10-18(11-9-17)27-21(29)19(20(28)25-23(27)31)13-16-7-4-12-26(22(16)30)14-15-5-2-1-3-6-15/h1-13H,14H2,(H,25,28,31)/b19-13-. The molecule has 5 nitrogen and oxygen atoms in total. The van der Waals surface area contributed by atoms with E-state index in [1.165, 1.54) is 11.0 Å². The lowest BCUT2D eigenvalue weighted by molar-refractivity contribution is -0.122. The van der Waals surface area contributed by atoms with Gasteiger partial charge in [0.1, 0.15) is 10.2 Å².